The number of nitrogens with one attached hydrogen (secondary N) is 1. The molecule has 24 heavy (non-hydrogen) atoms. The van der Waals surface area contributed by atoms with Crippen LogP contribution in [0.5, 0.6) is 0 Å². The van der Waals surface area contributed by atoms with Gasteiger partial charge in [-0.1, -0.05) is 45.9 Å². The monoisotopic (exact) mass is 342 g/mol. The Morgan fingerprint density at radius 2 is 1.88 bits per heavy atom. The Bertz CT molecular complexity index is 707. The molecule has 1 atom stereocenters. The lowest BCUT2D eigenvalue weighted by molar-refractivity contribution is -0.120. The van der Waals surface area contributed by atoms with E-state index in [1.54, 1.807) is 11.3 Å². The van der Waals surface area contributed by atoms with Crippen LogP contribution >= 0.6 is 11.3 Å². The number of carbonyl (C=O) groups excluding carboxylic acids is 1. The van der Waals surface area contributed by atoms with Crippen molar-refractivity contribution in [1.82, 2.24) is 4.98 Å². The van der Waals surface area contributed by atoms with E-state index in [0.29, 0.717) is 11.8 Å². The molecule has 0 bridgehead atoms. The van der Waals surface area contributed by atoms with E-state index < -0.39 is 0 Å². The Hall–Kier alpha value is -1.68. The van der Waals surface area contributed by atoms with Gasteiger partial charge < -0.3 is 5.32 Å². The lowest BCUT2D eigenvalue weighted by Gasteiger charge is -2.24. The number of fused-ring (bicyclic) bond motifs is 1. The third-order valence-electron chi connectivity index (χ3n) is 4.88. The fourth-order valence-electron chi connectivity index (χ4n) is 3.44. The van der Waals surface area contributed by atoms with Crippen molar-refractivity contribution in [2.75, 3.05) is 5.32 Å². The summed E-state index contributed by atoms with van der Waals surface area (Å²) >= 11 is 1.68. The van der Waals surface area contributed by atoms with Gasteiger partial charge in [-0.3, -0.25) is 4.79 Å². The van der Waals surface area contributed by atoms with Gasteiger partial charge in [0, 0.05) is 16.5 Å². The van der Waals surface area contributed by atoms with Crippen LogP contribution in [0, 0.1) is 5.92 Å². The highest BCUT2D eigenvalue weighted by atomic mass is 32.1. The predicted octanol–water partition coefficient (Wildman–Crippen LogP) is 5.13. The van der Waals surface area contributed by atoms with Crippen LogP contribution < -0.4 is 5.32 Å². The summed E-state index contributed by atoms with van der Waals surface area (Å²) in [6.07, 6.45) is 2.63. The lowest BCUT2D eigenvalue weighted by atomic mass is 9.89. The Morgan fingerprint density at radius 1 is 1.21 bits per heavy atom. The summed E-state index contributed by atoms with van der Waals surface area (Å²) in [5, 5.41) is 3.28. The number of aryl methyl sites for hydroxylation is 1. The number of benzene rings is 1. The normalized spacial score (nSPS) is 17.2. The zero-order valence-electron chi connectivity index (χ0n) is 14.9. The fourth-order valence-corrected chi connectivity index (χ4v) is 4.34. The second kappa shape index (κ2) is 7.06. The number of para-hydroxylation sites is 1. The van der Waals surface area contributed by atoms with Crippen LogP contribution in [0.15, 0.2) is 23.7 Å². The van der Waals surface area contributed by atoms with E-state index in [1.807, 2.05) is 5.51 Å². The molecule has 1 amide bonds. The maximum absolute atomic E-state index is 12.9. The SMILES string of the molecule is CC(C)c1cccc(C(C)C)c1NC(=O)C1CCc2ncsc2C1. The molecule has 1 N–H and O–H groups in total. The highest BCUT2D eigenvalue weighted by Crippen LogP contribution is 2.34. The molecule has 3 nitrogen and oxygen atoms in total. The van der Waals surface area contributed by atoms with Gasteiger partial charge in [-0.2, -0.15) is 0 Å². The van der Waals surface area contributed by atoms with Gasteiger partial charge in [0.15, 0.2) is 0 Å². The lowest BCUT2D eigenvalue weighted by Crippen LogP contribution is -2.28. The quantitative estimate of drug-likeness (QED) is 0.836. The number of rotatable bonds is 4. The van der Waals surface area contributed by atoms with Gasteiger partial charge in [-0.15, -0.1) is 11.3 Å². The molecule has 128 valence electrons. The van der Waals surface area contributed by atoms with E-state index >= 15 is 0 Å². The number of nitrogens with zero attached hydrogens (tertiary/aromatic N) is 1. The highest BCUT2D eigenvalue weighted by Gasteiger charge is 2.27. The van der Waals surface area contributed by atoms with Crippen molar-refractivity contribution in [2.24, 2.45) is 5.92 Å². The topological polar surface area (TPSA) is 42.0 Å². The van der Waals surface area contributed by atoms with E-state index in [0.717, 1.165) is 24.9 Å². The van der Waals surface area contributed by atoms with Gasteiger partial charge in [-0.25, -0.2) is 4.98 Å². The number of anilines is 1. The summed E-state index contributed by atoms with van der Waals surface area (Å²) in [6, 6.07) is 6.37. The molecule has 1 aliphatic carbocycles. The molecular weight excluding hydrogens is 316 g/mol. The minimum absolute atomic E-state index is 0.0539. The summed E-state index contributed by atoms with van der Waals surface area (Å²) in [7, 11) is 0. The summed E-state index contributed by atoms with van der Waals surface area (Å²) in [4.78, 5) is 18.6. The van der Waals surface area contributed by atoms with Gasteiger partial charge in [0.1, 0.15) is 0 Å². The number of hydrogen-bond donors (Lipinski definition) is 1. The Kier molecular flexibility index (Phi) is 5.04. The van der Waals surface area contributed by atoms with Crippen LogP contribution in [-0.4, -0.2) is 10.9 Å². The van der Waals surface area contributed by atoms with Gasteiger partial charge in [-0.05, 0) is 42.2 Å². The fraction of sp³-hybridized carbons (Fsp3) is 0.500. The summed E-state index contributed by atoms with van der Waals surface area (Å²) in [5.74, 6) is 0.985. The average molecular weight is 343 g/mol. The second-order valence-corrected chi connectivity index (χ2v) is 8.21. The molecule has 3 rings (SSSR count). The van der Waals surface area contributed by atoms with Crippen molar-refractivity contribution in [2.45, 2.75) is 58.8 Å². The summed E-state index contributed by atoms with van der Waals surface area (Å²) in [5.41, 5.74) is 6.57. The van der Waals surface area contributed by atoms with Crippen molar-refractivity contribution < 1.29 is 4.79 Å². The molecule has 1 aromatic heterocycles. The number of hydrogen-bond acceptors (Lipinski definition) is 3. The van der Waals surface area contributed by atoms with Gasteiger partial charge in [0.2, 0.25) is 5.91 Å². The van der Waals surface area contributed by atoms with Crippen LogP contribution in [-0.2, 0) is 17.6 Å². The largest absolute Gasteiger partial charge is 0.325 e. The molecule has 0 aliphatic heterocycles. The van der Waals surface area contributed by atoms with E-state index in [4.69, 9.17) is 0 Å². The third kappa shape index (κ3) is 3.39. The first-order valence-corrected chi connectivity index (χ1v) is 9.70. The highest BCUT2D eigenvalue weighted by molar-refractivity contribution is 7.09. The number of amides is 1. The first kappa shape index (κ1) is 17.2. The maximum atomic E-state index is 12.9. The van der Waals surface area contributed by atoms with Crippen molar-refractivity contribution in [3.8, 4) is 0 Å². The van der Waals surface area contributed by atoms with Crippen LogP contribution in [0.2, 0.25) is 0 Å². The van der Waals surface area contributed by atoms with E-state index in [2.05, 4.69) is 56.2 Å². The Labute approximate surface area is 148 Å². The Morgan fingerprint density at radius 3 is 2.50 bits per heavy atom. The van der Waals surface area contributed by atoms with E-state index in [9.17, 15) is 4.79 Å². The zero-order chi connectivity index (χ0) is 17.3. The van der Waals surface area contributed by atoms with Crippen LogP contribution in [0.1, 0.15) is 67.6 Å². The number of carbonyl (C=O) groups is 1. The van der Waals surface area contributed by atoms with Crippen LogP contribution in [0.3, 0.4) is 0 Å². The van der Waals surface area contributed by atoms with Crippen molar-refractivity contribution >= 4 is 22.9 Å². The molecule has 1 aliphatic rings. The minimum atomic E-state index is 0.0539. The molecule has 0 spiro atoms. The van der Waals surface area contributed by atoms with Crippen LogP contribution in [0.25, 0.3) is 0 Å². The molecule has 0 fully saturated rings. The van der Waals surface area contributed by atoms with Crippen LogP contribution in [0.4, 0.5) is 5.69 Å². The molecule has 0 saturated carbocycles. The summed E-state index contributed by atoms with van der Waals surface area (Å²) < 4.78 is 0. The molecular formula is C20H26N2OS. The van der Waals surface area contributed by atoms with Crippen molar-refractivity contribution in [1.29, 1.82) is 0 Å². The summed E-state index contributed by atoms with van der Waals surface area (Å²) in [6.45, 7) is 8.72. The van der Waals surface area contributed by atoms with Crippen molar-refractivity contribution in [3.63, 3.8) is 0 Å². The first-order chi connectivity index (χ1) is 11.5. The molecule has 4 heteroatoms. The number of aromatic nitrogens is 1. The predicted molar refractivity (Wildman–Crippen MR) is 101 cm³/mol. The molecule has 0 radical (unpaired) electrons. The molecule has 2 aromatic rings. The average Bonchev–Trinajstić information content (AvgIpc) is 3.02. The maximum Gasteiger partial charge on any atom is 0.227 e. The Balaban J connectivity index is 1.84. The second-order valence-electron chi connectivity index (χ2n) is 7.27. The van der Waals surface area contributed by atoms with Crippen molar-refractivity contribution in [3.05, 3.63) is 45.4 Å². The minimum Gasteiger partial charge on any atom is -0.325 e. The van der Waals surface area contributed by atoms with E-state index in [1.165, 1.54) is 21.7 Å². The standard InChI is InChI=1S/C20H26N2OS/c1-12(2)15-6-5-7-16(13(3)4)19(15)22-20(23)14-8-9-17-18(10-14)24-11-21-17/h5-7,11-14H,8-10H2,1-4H3,(H,22,23). The molecule has 0 saturated heterocycles. The van der Waals surface area contributed by atoms with E-state index in [-0.39, 0.29) is 11.8 Å². The number of thiazole rings is 1. The van der Waals surface area contributed by atoms with Gasteiger partial charge >= 0.3 is 0 Å². The third-order valence-corrected chi connectivity index (χ3v) is 5.78. The first-order valence-electron chi connectivity index (χ1n) is 8.82. The van der Waals surface area contributed by atoms with Gasteiger partial charge in [0.25, 0.3) is 0 Å². The molecule has 1 aromatic carbocycles. The zero-order valence-corrected chi connectivity index (χ0v) is 15.7. The van der Waals surface area contributed by atoms with Gasteiger partial charge in [0.05, 0.1) is 11.2 Å². The molecule has 1 heterocycles. The molecule has 1 unspecified atom stereocenters. The smallest absolute Gasteiger partial charge is 0.227 e.